The molecule has 1 aliphatic rings. The van der Waals surface area contributed by atoms with Gasteiger partial charge in [-0.2, -0.15) is 13.7 Å². The third-order valence-electron chi connectivity index (χ3n) is 11.9. The van der Waals surface area contributed by atoms with E-state index in [2.05, 4.69) is 192 Å². The Kier molecular flexibility index (Phi) is 10.7. The van der Waals surface area contributed by atoms with Gasteiger partial charge in [-0.25, -0.2) is 0 Å². The summed E-state index contributed by atoms with van der Waals surface area (Å²) in [5.74, 6) is 2.75. The van der Waals surface area contributed by atoms with Gasteiger partial charge in [0.25, 0.3) is 5.82 Å². The molecule has 4 heteroatoms. The summed E-state index contributed by atoms with van der Waals surface area (Å²) in [5, 5.41) is 1.57. The van der Waals surface area contributed by atoms with Crippen LogP contribution in [-0.2, 0) is 6.42 Å². The number of nitrogens with zero attached hydrogens (tertiary/aromatic N) is 3. The van der Waals surface area contributed by atoms with E-state index in [1.54, 1.807) is 5.19 Å². The van der Waals surface area contributed by atoms with Crippen molar-refractivity contribution in [2.24, 2.45) is 5.92 Å². The minimum absolute atomic E-state index is 0.0607. The number of allylic oxidation sites excluding steroid dienone is 1. The summed E-state index contributed by atoms with van der Waals surface area (Å²) < 4.78 is 7.74. The minimum Gasteiger partial charge on any atom is -0.192 e. The molecule has 0 fully saturated rings. The highest BCUT2D eigenvalue weighted by Crippen LogP contribution is 2.45. The van der Waals surface area contributed by atoms with Crippen LogP contribution in [0, 0.1) is 12.8 Å². The van der Waals surface area contributed by atoms with Crippen molar-refractivity contribution in [3.8, 4) is 28.1 Å². The summed E-state index contributed by atoms with van der Waals surface area (Å²) in [5.41, 5.74) is 15.9. The Labute approximate surface area is 332 Å². The number of aromatic nitrogens is 3. The third kappa shape index (κ3) is 6.97. The second-order valence-electron chi connectivity index (χ2n) is 18.2. The monoisotopic (exact) mass is 745 g/mol. The topological polar surface area (TPSA) is 12.7 Å². The first kappa shape index (κ1) is 38.7. The van der Waals surface area contributed by atoms with E-state index < -0.39 is 8.07 Å². The van der Waals surface area contributed by atoms with Crippen LogP contribution < -0.4 is 14.3 Å². The summed E-state index contributed by atoms with van der Waals surface area (Å²) >= 11 is 0. The van der Waals surface area contributed by atoms with Gasteiger partial charge in [-0.3, -0.25) is 0 Å². The van der Waals surface area contributed by atoms with Gasteiger partial charge >= 0.3 is 0 Å². The first-order chi connectivity index (χ1) is 26.2. The van der Waals surface area contributed by atoms with Crippen molar-refractivity contribution in [3.63, 3.8) is 0 Å². The molecule has 0 saturated carbocycles. The van der Waals surface area contributed by atoms with Crippen LogP contribution >= 0.6 is 0 Å². The maximum Gasteiger partial charge on any atom is 0.264 e. The van der Waals surface area contributed by atoms with Crippen molar-refractivity contribution in [2.45, 2.75) is 118 Å². The predicted octanol–water partition coefficient (Wildman–Crippen LogP) is 12.4. The molecule has 0 radical (unpaired) electrons. The smallest absolute Gasteiger partial charge is 0.192 e. The molecule has 0 saturated heterocycles. The molecule has 0 bridgehead atoms. The molecule has 55 heavy (non-hydrogen) atoms. The Morgan fingerprint density at radius 3 is 2.02 bits per heavy atom. The second-order valence-corrected chi connectivity index (χ2v) is 23.2. The molecule has 1 aliphatic heterocycles. The Morgan fingerprint density at radius 1 is 0.782 bits per heavy atom. The molecule has 284 valence electrons. The van der Waals surface area contributed by atoms with E-state index in [1.165, 1.54) is 67.2 Å². The Balaban J connectivity index is 1.51. The molecule has 2 unspecified atom stereocenters. The summed E-state index contributed by atoms with van der Waals surface area (Å²) in [4.78, 5) is 0. The maximum absolute atomic E-state index is 5.14. The lowest BCUT2D eigenvalue weighted by Gasteiger charge is -2.32. The van der Waals surface area contributed by atoms with E-state index in [0.29, 0.717) is 23.7 Å². The zero-order valence-corrected chi connectivity index (χ0v) is 36.4. The lowest BCUT2D eigenvalue weighted by atomic mass is 9.79. The molecule has 3 nitrogen and oxygen atoms in total. The van der Waals surface area contributed by atoms with Gasteiger partial charge in [0, 0.05) is 34.9 Å². The summed E-state index contributed by atoms with van der Waals surface area (Å²) in [7, 11) is -1.70. The van der Waals surface area contributed by atoms with E-state index >= 15 is 0 Å². The van der Waals surface area contributed by atoms with Gasteiger partial charge in [-0.1, -0.05) is 135 Å². The number of rotatable bonds is 11. The Bertz CT molecular complexity index is 2340. The fourth-order valence-electron chi connectivity index (χ4n) is 9.46. The number of imidazole rings is 1. The van der Waals surface area contributed by atoms with Crippen molar-refractivity contribution in [1.29, 1.82) is 0 Å². The van der Waals surface area contributed by atoms with Gasteiger partial charge in [0.05, 0.1) is 14.0 Å². The molecule has 0 amide bonds. The quantitative estimate of drug-likeness (QED) is 0.0925. The van der Waals surface area contributed by atoms with E-state index in [0.717, 1.165) is 25.0 Å². The Morgan fingerprint density at radius 2 is 1.40 bits per heavy atom. The average Bonchev–Trinajstić information content (AvgIpc) is 3.44. The lowest BCUT2D eigenvalue weighted by molar-refractivity contribution is -0.704. The fraction of sp³-hybridized carbons (Fsp3) is 0.373. The molecule has 7 rings (SSSR count). The number of hydrogen-bond donors (Lipinski definition) is 0. The van der Waals surface area contributed by atoms with Crippen LogP contribution in [0.3, 0.4) is 0 Å². The van der Waals surface area contributed by atoms with Gasteiger partial charge in [-0.15, -0.1) is 0 Å². The van der Waals surface area contributed by atoms with Crippen LogP contribution in [0.2, 0.25) is 19.6 Å². The SMILES string of the molecule is C=C(C1C(CCC)c2ccccc2-c2cc(CC(C)C)c([Si](C)(C)C)c[n+]21)n1c(C)[n+](-c2c(C(C)C)cc(-c3ccccc3)cc2C(C)C)c2ccccc21. The van der Waals surface area contributed by atoms with Crippen LogP contribution in [0.5, 0.6) is 0 Å². The molecule has 2 aromatic heterocycles. The van der Waals surface area contributed by atoms with E-state index in [1.807, 2.05) is 0 Å². The number of hydrogen-bond acceptors (Lipinski definition) is 0. The third-order valence-corrected chi connectivity index (χ3v) is 14.0. The van der Waals surface area contributed by atoms with Crippen molar-refractivity contribution in [1.82, 2.24) is 4.57 Å². The molecule has 6 aromatic rings. The van der Waals surface area contributed by atoms with E-state index in [4.69, 9.17) is 6.58 Å². The molecule has 0 N–H and O–H groups in total. The molecule has 0 aliphatic carbocycles. The Hall–Kier alpha value is -4.54. The highest BCUT2D eigenvalue weighted by atomic mass is 28.3. The summed E-state index contributed by atoms with van der Waals surface area (Å²) in [6, 6.07) is 36.6. The first-order valence-electron chi connectivity index (χ1n) is 20.9. The molecule has 4 aromatic carbocycles. The number of fused-ring (bicyclic) bond motifs is 4. The van der Waals surface area contributed by atoms with Gasteiger partial charge in [-0.05, 0) is 89.8 Å². The van der Waals surface area contributed by atoms with E-state index in [-0.39, 0.29) is 6.04 Å². The van der Waals surface area contributed by atoms with Crippen LogP contribution in [0.15, 0.2) is 110 Å². The van der Waals surface area contributed by atoms with Crippen molar-refractivity contribution < 1.29 is 9.13 Å². The van der Waals surface area contributed by atoms with Gasteiger partial charge in [0.15, 0.2) is 22.9 Å². The van der Waals surface area contributed by atoms with Crippen molar-refractivity contribution in [2.75, 3.05) is 0 Å². The summed E-state index contributed by atoms with van der Waals surface area (Å²) in [6.07, 6.45) is 5.89. The zero-order chi connectivity index (χ0) is 39.3. The second kappa shape index (κ2) is 15.2. The van der Waals surface area contributed by atoms with Gasteiger partial charge < -0.3 is 0 Å². The van der Waals surface area contributed by atoms with Gasteiger partial charge in [0.1, 0.15) is 5.69 Å². The molecule has 2 atom stereocenters. The maximum atomic E-state index is 5.14. The molecule has 3 heterocycles. The average molecular weight is 746 g/mol. The standard InChI is InChI=1S/C51H63N3Si/c1-13-21-43-41-24-17-18-25-42(41)48-31-40(28-33(2)3)49(55(10,11)12)32-52(48)50(43)36(8)53-37(9)54(47-27-20-19-26-46(47)53)51-44(34(4)5)29-39(30-45(51)35(6)7)38-22-15-14-16-23-38/h14-20,22-27,29-35,43,50H,8,13,21,28H2,1-7,9-12H3/q+2. The zero-order valence-electron chi connectivity index (χ0n) is 35.4. The number of pyridine rings is 1. The fourth-order valence-corrected chi connectivity index (χ4v) is 11.1. The highest BCUT2D eigenvalue weighted by Gasteiger charge is 2.46. The normalized spacial score (nSPS) is 15.6. The van der Waals surface area contributed by atoms with Crippen LogP contribution in [0.4, 0.5) is 0 Å². The molecular formula is C51H63N3Si+2. The molecular weight excluding hydrogens is 683 g/mol. The van der Waals surface area contributed by atoms with Crippen LogP contribution in [0.1, 0.15) is 113 Å². The van der Waals surface area contributed by atoms with Crippen LogP contribution in [-0.4, -0.2) is 12.6 Å². The largest absolute Gasteiger partial charge is 0.264 e. The van der Waals surface area contributed by atoms with E-state index in [9.17, 15) is 0 Å². The number of benzene rings is 4. The lowest BCUT2D eigenvalue weighted by Crippen LogP contribution is -2.54. The highest BCUT2D eigenvalue weighted by molar-refractivity contribution is 6.89. The first-order valence-corrected chi connectivity index (χ1v) is 24.4. The van der Waals surface area contributed by atoms with Crippen molar-refractivity contribution >= 4 is 30.0 Å². The molecule has 0 spiro atoms. The van der Waals surface area contributed by atoms with Gasteiger partial charge in [0.2, 0.25) is 11.7 Å². The van der Waals surface area contributed by atoms with Crippen LogP contribution in [0.25, 0.3) is 44.8 Å². The summed E-state index contributed by atoms with van der Waals surface area (Å²) in [6.45, 7) is 31.4. The number of para-hydroxylation sites is 2. The predicted molar refractivity (Wildman–Crippen MR) is 237 cm³/mol. The van der Waals surface area contributed by atoms with Crippen molar-refractivity contribution in [3.05, 3.63) is 138 Å². The minimum atomic E-state index is -1.70.